The lowest BCUT2D eigenvalue weighted by molar-refractivity contribution is 0.0519. The summed E-state index contributed by atoms with van der Waals surface area (Å²) in [6.45, 7) is 2.14. The van der Waals surface area contributed by atoms with Crippen molar-refractivity contribution in [1.82, 2.24) is 0 Å². The normalized spacial score (nSPS) is 21.9. The molecule has 2 aliphatic heterocycles. The van der Waals surface area contributed by atoms with E-state index < -0.39 is 10.0 Å². The van der Waals surface area contributed by atoms with Crippen molar-refractivity contribution in [3.05, 3.63) is 24.3 Å². The van der Waals surface area contributed by atoms with Crippen LogP contribution in [0.1, 0.15) is 6.42 Å². The maximum Gasteiger partial charge on any atom is 0.237 e. The number of sulfonamides is 1. The van der Waals surface area contributed by atoms with Gasteiger partial charge in [0.2, 0.25) is 10.0 Å². The highest BCUT2D eigenvalue weighted by Crippen LogP contribution is 2.32. The van der Waals surface area contributed by atoms with Crippen LogP contribution < -0.4 is 9.04 Å². The lowest BCUT2D eigenvalue weighted by Gasteiger charge is -2.30. The molecule has 1 unspecified atom stereocenters. The summed E-state index contributed by atoms with van der Waals surface area (Å²) < 4.78 is 42.6. The molecule has 2 heterocycles. The third-order valence-electron chi connectivity index (χ3n) is 3.60. The van der Waals surface area contributed by atoms with Gasteiger partial charge in [-0.25, -0.2) is 8.42 Å². The Kier molecular flexibility index (Phi) is 4.32. The fraction of sp³-hybridized carbons (Fsp3) is 0.571. The van der Waals surface area contributed by atoms with Crippen LogP contribution in [0.2, 0.25) is 0 Å². The van der Waals surface area contributed by atoms with E-state index in [1.54, 1.807) is 12.1 Å². The second-order valence-corrected chi connectivity index (χ2v) is 7.07. The summed E-state index contributed by atoms with van der Waals surface area (Å²) in [5.74, 6) is 0.579. The SMILES string of the molecule is O=S(=O)(CCOC1CCOC1)N1CCOc2ccccc21. The van der Waals surface area contributed by atoms with Gasteiger partial charge in [0, 0.05) is 6.61 Å². The van der Waals surface area contributed by atoms with Crippen LogP contribution in [0.3, 0.4) is 0 Å². The molecular weight excluding hydrogens is 294 g/mol. The lowest BCUT2D eigenvalue weighted by atomic mass is 10.2. The molecule has 0 aromatic heterocycles. The summed E-state index contributed by atoms with van der Waals surface area (Å²) in [6.07, 6.45) is 0.859. The second-order valence-electron chi connectivity index (χ2n) is 5.06. The van der Waals surface area contributed by atoms with Crippen molar-refractivity contribution in [3.8, 4) is 5.75 Å². The number of benzene rings is 1. The molecule has 6 nitrogen and oxygen atoms in total. The fourth-order valence-electron chi connectivity index (χ4n) is 2.51. The molecule has 0 spiro atoms. The summed E-state index contributed by atoms with van der Waals surface area (Å²) in [6, 6.07) is 7.18. The molecule has 0 bridgehead atoms. The van der Waals surface area contributed by atoms with E-state index in [-0.39, 0.29) is 18.5 Å². The van der Waals surface area contributed by atoms with Gasteiger partial charge in [-0.2, -0.15) is 0 Å². The van der Waals surface area contributed by atoms with Crippen LogP contribution in [0.15, 0.2) is 24.3 Å². The van der Waals surface area contributed by atoms with Gasteiger partial charge in [0.15, 0.2) is 0 Å². The smallest absolute Gasteiger partial charge is 0.237 e. The van der Waals surface area contributed by atoms with E-state index in [2.05, 4.69) is 0 Å². The summed E-state index contributed by atoms with van der Waals surface area (Å²) >= 11 is 0. The van der Waals surface area contributed by atoms with Gasteiger partial charge in [-0.05, 0) is 18.6 Å². The van der Waals surface area contributed by atoms with Crippen molar-refractivity contribution in [1.29, 1.82) is 0 Å². The number of ether oxygens (including phenoxy) is 3. The van der Waals surface area contributed by atoms with E-state index >= 15 is 0 Å². The quantitative estimate of drug-likeness (QED) is 0.812. The minimum atomic E-state index is -3.40. The molecule has 1 atom stereocenters. The average molecular weight is 313 g/mol. The zero-order valence-corrected chi connectivity index (χ0v) is 12.5. The first kappa shape index (κ1) is 14.6. The lowest BCUT2D eigenvalue weighted by Crippen LogP contribution is -2.40. The highest BCUT2D eigenvalue weighted by molar-refractivity contribution is 7.92. The first-order valence-corrected chi connectivity index (χ1v) is 8.69. The maximum atomic E-state index is 12.5. The average Bonchev–Trinajstić information content (AvgIpc) is 3.00. The predicted octanol–water partition coefficient (Wildman–Crippen LogP) is 1.02. The molecule has 21 heavy (non-hydrogen) atoms. The topological polar surface area (TPSA) is 65.1 Å². The van der Waals surface area contributed by atoms with Crippen LogP contribution in [0.5, 0.6) is 5.75 Å². The number of hydrogen-bond donors (Lipinski definition) is 0. The number of anilines is 1. The molecular formula is C14H19NO5S. The van der Waals surface area contributed by atoms with Crippen molar-refractivity contribution in [2.24, 2.45) is 0 Å². The highest BCUT2D eigenvalue weighted by Gasteiger charge is 2.28. The molecule has 7 heteroatoms. The Labute approximate surface area is 124 Å². The van der Waals surface area contributed by atoms with Crippen LogP contribution in [0, 0.1) is 0 Å². The van der Waals surface area contributed by atoms with Crippen molar-refractivity contribution < 1.29 is 22.6 Å². The van der Waals surface area contributed by atoms with Gasteiger partial charge in [-0.15, -0.1) is 0 Å². The van der Waals surface area contributed by atoms with Gasteiger partial charge in [0.1, 0.15) is 12.4 Å². The van der Waals surface area contributed by atoms with Gasteiger partial charge in [-0.1, -0.05) is 12.1 Å². The number of rotatable bonds is 5. The minimum Gasteiger partial charge on any atom is -0.489 e. The van der Waals surface area contributed by atoms with Crippen LogP contribution in [-0.2, 0) is 19.5 Å². The van der Waals surface area contributed by atoms with Crippen LogP contribution >= 0.6 is 0 Å². The minimum absolute atomic E-state index is 0.0252. The molecule has 1 aromatic rings. The Bertz CT molecular complexity index is 583. The van der Waals surface area contributed by atoms with Gasteiger partial charge in [0.05, 0.1) is 37.3 Å². The first-order chi connectivity index (χ1) is 10.2. The maximum absolute atomic E-state index is 12.5. The molecule has 0 amide bonds. The van der Waals surface area contributed by atoms with Crippen molar-refractivity contribution in [3.63, 3.8) is 0 Å². The van der Waals surface area contributed by atoms with Gasteiger partial charge < -0.3 is 14.2 Å². The Balaban J connectivity index is 1.65. The molecule has 116 valence electrons. The molecule has 2 aliphatic rings. The van der Waals surface area contributed by atoms with Gasteiger partial charge >= 0.3 is 0 Å². The fourth-order valence-corrected chi connectivity index (χ4v) is 3.84. The molecule has 0 N–H and O–H groups in total. The Morgan fingerprint density at radius 2 is 2.14 bits per heavy atom. The Hall–Kier alpha value is -1.31. The summed E-state index contributed by atoms with van der Waals surface area (Å²) in [5.41, 5.74) is 0.605. The molecule has 1 saturated heterocycles. The van der Waals surface area contributed by atoms with E-state index in [1.807, 2.05) is 12.1 Å². The summed E-state index contributed by atoms with van der Waals surface area (Å²) in [5, 5.41) is 0. The third kappa shape index (κ3) is 3.30. The predicted molar refractivity (Wildman–Crippen MR) is 78.2 cm³/mol. The molecule has 0 saturated carbocycles. The highest BCUT2D eigenvalue weighted by atomic mass is 32.2. The van der Waals surface area contributed by atoms with E-state index in [1.165, 1.54) is 4.31 Å². The summed E-state index contributed by atoms with van der Waals surface area (Å²) in [7, 11) is -3.40. The van der Waals surface area contributed by atoms with Crippen LogP contribution in [0.25, 0.3) is 0 Å². The summed E-state index contributed by atoms with van der Waals surface area (Å²) in [4.78, 5) is 0. The second kappa shape index (κ2) is 6.21. The standard InChI is InChI=1S/C14H19NO5S/c16-21(17,10-9-19-12-5-7-18-11-12)15-6-8-20-14-4-2-1-3-13(14)15/h1-4,12H,5-11H2. The molecule has 3 rings (SSSR count). The van der Waals surface area contributed by atoms with E-state index in [0.717, 1.165) is 6.42 Å². The third-order valence-corrected chi connectivity index (χ3v) is 5.34. The van der Waals surface area contributed by atoms with Crippen molar-refractivity contribution >= 4 is 15.7 Å². The molecule has 0 aliphatic carbocycles. The number of fused-ring (bicyclic) bond motifs is 1. The first-order valence-electron chi connectivity index (χ1n) is 7.08. The molecule has 1 fully saturated rings. The van der Waals surface area contributed by atoms with Gasteiger partial charge in [-0.3, -0.25) is 4.31 Å². The number of hydrogen-bond acceptors (Lipinski definition) is 5. The van der Waals surface area contributed by atoms with E-state index in [4.69, 9.17) is 14.2 Å². The van der Waals surface area contributed by atoms with Crippen LogP contribution in [0.4, 0.5) is 5.69 Å². The van der Waals surface area contributed by atoms with Crippen molar-refractivity contribution in [2.45, 2.75) is 12.5 Å². The zero-order chi connectivity index (χ0) is 14.7. The van der Waals surface area contributed by atoms with Crippen molar-refractivity contribution in [2.75, 3.05) is 43.0 Å². The Morgan fingerprint density at radius 3 is 2.95 bits per heavy atom. The number of nitrogens with zero attached hydrogens (tertiary/aromatic N) is 1. The number of para-hydroxylation sites is 2. The van der Waals surface area contributed by atoms with Crippen LogP contribution in [-0.4, -0.2) is 53.2 Å². The monoisotopic (exact) mass is 313 g/mol. The van der Waals surface area contributed by atoms with Gasteiger partial charge in [0.25, 0.3) is 0 Å². The largest absolute Gasteiger partial charge is 0.489 e. The zero-order valence-electron chi connectivity index (χ0n) is 11.7. The Morgan fingerprint density at radius 1 is 1.29 bits per heavy atom. The molecule has 0 radical (unpaired) electrons. The van der Waals surface area contributed by atoms with E-state index in [0.29, 0.717) is 37.8 Å². The van der Waals surface area contributed by atoms with E-state index in [9.17, 15) is 8.42 Å². The molecule has 1 aromatic carbocycles.